The van der Waals surface area contributed by atoms with Gasteiger partial charge in [-0.1, -0.05) is 15.9 Å². The van der Waals surface area contributed by atoms with E-state index in [1.54, 1.807) is 12.3 Å². The first-order valence-electron chi connectivity index (χ1n) is 7.58. The van der Waals surface area contributed by atoms with E-state index in [-0.39, 0.29) is 5.91 Å². The molecule has 1 aliphatic rings. The fraction of sp³-hybridized carbons (Fsp3) is 0.294. The molecule has 1 aromatic heterocycles. The minimum Gasteiger partial charge on any atom is -0.354 e. The highest BCUT2D eigenvalue weighted by Crippen LogP contribution is 2.19. The van der Waals surface area contributed by atoms with Gasteiger partial charge in [-0.3, -0.25) is 4.79 Å². The zero-order valence-electron chi connectivity index (χ0n) is 13.0. The number of nitrogens with zero attached hydrogens (tertiary/aromatic N) is 3. The molecule has 0 atom stereocenters. The Morgan fingerprint density at radius 3 is 2.30 bits per heavy atom. The summed E-state index contributed by atoms with van der Waals surface area (Å²) in [5, 5.41) is 3.27. The minimum atomic E-state index is 0.00768. The van der Waals surface area contributed by atoms with Gasteiger partial charge in [0.25, 0.3) is 5.91 Å². The molecule has 0 bridgehead atoms. The van der Waals surface area contributed by atoms with Crippen molar-refractivity contribution in [3.63, 3.8) is 0 Å². The fourth-order valence-electron chi connectivity index (χ4n) is 2.47. The van der Waals surface area contributed by atoms with Crippen molar-refractivity contribution in [1.29, 1.82) is 0 Å². The van der Waals surface area contributed by atoms with Crippen LogP contribution in [0.5, 0.6) is 0 Å². The van der Waals surface area contributed by atoms with Gasteiger partial charge in [-0.15, -0.1) is 0 Å². The molecule has 23 heavy (non-hydrogen) atoms. The molecule has 0 spiro atoms. The first-order valence-corrected chi connectivity index (χ1v) is 8.37. The van der Waals surface area contributed by atoms with E-state index in [4.69, 9.17) is 0 Å². The van der Waals surface area contributed by atoms with Crippen molar-refractivity contribution < 1.29 is 4.79 Å². The maximum absolute atomic E-state index is 12.4. The van der Waals surface area contributed by atoms with E-state index >= 15 is 0 Å². The number of halogens is 1. The third-order valence-corrected chi connectivity index (χ3v) is 4.43. The van der Waals surface area contributed by atoms with Gasteiger partial charge in [-0.05, 0) is 43.4 Å². The second-order valence-electron chi connectivity index (χ2n) is 5.66. The normalized spacial score (nSPS) is 15.5. The fourth-order valence-corrected chi connectivity index (χ4v) is 2.73. The molecule has 0 aliphatic carbocycles. The summed E-state index contributed by atoms with van der Waals surface area (Å²) >= 11 is 3.41. The minimum absolute atomic E-state index is 0.00768. The Morgan fingerprint density at radius 2 is 1.70 bits per heavy atom. The van der Waals surface area contributed by atoms with Crippen LogP contribution in [0.4, 0.5) is 11.4 Å². The van der Waals surface area contributed by atoms with Crippen LogP contribution in [-0.2, 0) is 0 Å². The smallest absolute Gasteiger partial charge is 0.272 e. The van der Waals surface area contributed by atoms with Crippen molar-refractivity contribution >= 4 is 33.2 Å². The standard InChI is InChI=1S/C17H19BrN4O/c1-21-8-10-22(11-9-21)17(23)16-7-6-15(12-19-16)20-14-4-2-13(18)3-5-14/h2-7,12,20H,8-11H2,1H3. The lowest BCUT2D eigenvalue weighted by Crippen LogP contribution is -2.47. The molecule has 1 aliphatic heterocycles. The van der Waals surface area contributed by atoms with E-state index in [1.165, 1.54) is 0 Å². The molecule has 2 heterocycles. The molecule has 6 heteroatoms. The summed E-state index contributed by atoms with van der Waals surface area (Å²) in [4.78, 5) is 20.8. The molecule has 0 unspecified atom stereocenters. The second-order valence-corrected chi connectivity index (χ2v) is 6.58. The molecule has 3 rings (SSSR count). The Bertz CT molecular complexity index is 664. The number of anilines is 2. The number of hydrogen-bond donors (Lipinski definition) is 1. The first-order chi connectivity index (χ1) is 11.1. The van der Waals surface area contributed by atoms with Crippen molar-refractivity contribution in [3.8, 4) is 0 Å². The number of piperazine rings is 1. The van der Waals surface area contributed by atoms with Gasteiger partial charge in [0.05, 0.1) is 11.9 Å². The molecule has 5 nitrogen and oxygen atoms in total. The van der Waals surface area contributed by atoms with Gasteiger partial charge in [-0.25, -0.2) is 4.98 Å². The Balaban J connectivity index is 1.64. The van der Waals surface area contributed by atoms with E-state index in [0.717, 1.165) is 42.0 Å². The highest BCUT2D eigenvalue weighted by Gasteiger charge is 2.21. The lowest BCUT2D eigenvalue weighted by Gasteiger charge is -2.32. The number of hydrogen-bond acceptors (Lipinski definition) is 4. The van der Waals surface area contributed by atoms with E-state index in [1.807, 2.05) is 35.2 Å². The number of rotatable bonds is 3. The number of benzene rings is 1. The number of aromatic nitrogens is 1. The lowest BCUT2D eigenvalue weighted by atomic mass is 10.2. The van der Waals surface area contributed by atoms with Gasteiger partial charge < -0.3 is 15.1 Å². The SMILES string of the molecule is CN1CCN(C(=O)c2ccc(Nc3ccc(Br)cc3)cn2)CC1. The Morgan fingerprint density at radius 1 is 1.04 bits per heavy atom. The summed E-state index contributed by atoms with van der Waals surface area (Å²) in [5.41, 5.74) is 2.34. The van der Waals surface area contributed by atoms with Gasteiger partial charge in [0.1, 0.15) is 5.69 Å². The lowest BCUT2D eigenvalue weighted by molar-refractivity contribution is 0.0658. The molecule has 1 N–H and O–H groups in total. The molecule has 0 saturated carbocycles. The molecule has 1 aromatic carbocycles. The molecular weight excluding hydrogens is 356 g/mol. The number of pyridine rings is 1. The summed E-state index contributed by atoms with van der Waals surface area (Å²) in [6.45, 7) is 3.34. The molecule has 1 amide bonds. The predicted molar refractivity (Wildman–Crippen MR) is 95.1 cm³/mol. The molecule has 120 valence electrons. The molecule has 0 radical (unpaired) electrons. The monoisotopic (exact) mass is 374 g/mol. The molecular formula is C17H19BrN4O. The average Bonchev–Trinajstić information content (AvgIpc) is 2.58. The third-order valence-electron chi connectivity index (χ3n) is 3.91. The predicted octanol–water partition coefficient (Wildman–Crippen LogP) is 2.98. The van der Waals surface area contributed by atoms with Crippen LogP contribution < -0.4 is 5.32 Å². The number of carbonyl (C=O) groups is 1. The zero-order valence-corrected chi connectivity index (χ0v) is 14.6. The van der Waals surface area contributed by atoms with Crippen molar-refractivity contribution in [2.75, 3.05) is 38.5 Å². The number of likely N-dealkylation sites (N-methyl/N-ethyl adjacent to an activating group) is 1. The van der Waals surface area contributed by atoms with Crippen molar-refractivity contribution in [1.82, 2.24) is 14.8 Å². The maximum atomic E-state index is 12.4. The largest absolute Gasteiger partial charge is 0.354 e. The molecule has 1 fully saturated rings. The Labute approximate surface area is 144 Å². The van der Waals surface area contributed by atoms with E-state index in [2.05, 4.69) is 38.2 Å². The highest BCUT2D eigenvalue weighted by atomic mass is 79.9. The summed E-state index contributed by atoms with van der Waals surface area (Å²) in [6.07, 6.45) is 1.70. The quantitative estimate of drug-likeness (QED) is 0.896. The van der Waals surface area contributed by atoms with Crippen molar-refractivity contribution in [2.45, 2.75) is 0 Å². The van der Waals surface area contributed by atoms with E-state index in [9.17, 15) is 4.79 Å². The molecule has 2 aromatic rings. The van der Waals surface area contributed by atoms with Crippen molar-refractivity contribution in [3.05, 3.63) is 52.8 Å². The Hall–Kier alpha value is -1.92. The molecule has 1 saturated heterocycles. The topological polar surface area (TPSA) is 48.5 Å². The number of amides is 1. The number of carbonyl (C=O) groups excluding carboxylic acids is 1. The van der Waals surface area contributed by atoms with Crippen LogP contribution in [0.25, 0.3) is 0 Å². The van der Waals surface area contributed by atoms with Gasteiger partial charge in [-0.2, -0.15) is 0 Å². The van der Waals surface area contributed by atoms with Crippen LogP contribution in [0.1, 0.15) is 10.5 Å². The summed E-state index contributed by atoms with van der Waals surface area (Å²) in [5.74, 6) is 0.00768. The second kappa shape index (κ2) is 7.10. The average molecular weight is 375 g/mol. The summed E-state index contributed by atoms with van der Waals surface area (Å²) < 4.78 is 1.04. The van der Waals surface area contributed by atoms with Gasteiger partial charge in [0, 0.05) is 36.3 Å². The van der Waals surface area contributed by atoms with Gasteiger partial charge in [0.15, 0.2) is 0 Å². The first kappa shape index (κ1) is 16.0. The van der Waals surface area contributed by atoms with Crippen LogP contribution in [-0.4, -0.2) is 53.9 Å². The van der Waals surface area contributed by atoms with Crippen LogP contribution >= 0.6 is 15.9 Å². The summed E-state index contributed by atoms with van der Waals surface area (Å²) in [6, 6.07) is 11.6. The zero-order chi connectivity index (χ0) is 16.2. The van der Waals surface area contributed by atoms with Crippen LogP contribution in [0.15, 0.2) is 47.1 Å². The van der Waals surface area contributed by atoms with Gasteiger partial charge in [0.2, 0.25) is 0 Å². The van der Waals surface area contributed by atoms with Crippen LogP contribution in [0, 0.1) is 0 Å². The maximum Gasteiger partial charge on any atom is 0.272 e. The van der Waals surface area contributed by atoms with Crippen molar-refractivity contribution in [2.24, 2.45) is 0 Å². The van der Waals surface area contributed by atoms with Crippen LogP contribution in [0.3, 0.4) is 0 Å². The Kier molecular flexibility index (Phi) is 4.93. The third kappa shape index (κ3) is 4.09. The highest BCUT2D eigenvalue weighted by molar-refractivity contribution is 9.10. The van der Waals surface area contributed by atoms with E-state index < -0.39 is 0 Å². The van der Waals surface area contributed by atoms with Crippen LogP contribution in [0.2, 0.25) is 0 Å². The number of nitrogens with one attached hydrogen (secondary N) is 1. The summed E-state index contributed by atoms with van der Waals surface area (Å²) in [7, 11) is 2.07. The van der Waals surface area contributed by atoms with E-state index in [0.29, 0.717) is 5.69 Å². The van der Waals surface area contributed by atoms with Gasteiger partial charge >= 0.3 is 0 Å².